The number of ether oxygens (including phenoxy) is 1. The fraction of sp³-hybridized carbons (Fsp3) is 0.227. The van der Waals surface area contributed by atoms with Crippen LogP contribution in [0.2, 0.25) is 5.02 Å². The Morgan fingerprint density at radius 3 is 2.55 bits per heavy atom. The monoisotopic (exact) mass is 413 g/mol. The molecule has 0 fully saturated rings. The summed E-state index contributed by atoms with van der Waals surface area (Å²) in [4.78, 5) is 25.1. The Morgan fingerprint density at radius 2 is 1.86 bits per heavy atom. The second-order valence-corrected chi connectivity index (χ2v) is 6.95. The van der Waals surface area contributed by atoms with Gasteiger partial charge in [-0.05, 0) is 30.2 Å². The van der Waals surface area contributed by atoms with Crippen molar-refractivity contribution in [1.29, 1.82) is 0 Å². The number of carbonyl (C=O) groups is 2. The standard InChI is InChI=1S/C22H24ClN3O3/c1-4-13-29-19-12-8-5-9-16(19)14-24-26-22(28)20(15(2)3)25-21(27)17-10-6-7-11-18(17)23/h4-12,14-15,20H,1,13H2,2-3H3,(H,25,27)(H,26,28)/b24-14+. The van der Waals surface area contributed by atoms with E-state index in [0.717, 1.165) is 0 Å². The molecule has 0 aliphatic carbocycles. The summed E-state index contributed by atoms with van der Waals surface area (Å²) in [5.74, 6) is -0.379. The number of hydrogen-bond acceptors (Lipinski definition) is 4. The smallest absolute Gasteiger partial charge is 0.262 e. The van der Waals surface area contributed by atoms with Crippen LogP contribution in [-0.4, -0.2) is 30.7 Å². The van der Waals surface area contributed by atoms with Crippen molar-refractivity contribution in [1.82, 2.24) is 10.7 Å². The summed E-state index contributed by atoms with van der Waals surface area (Å²) in [6.07, 6.45) is 3.13. The van der Waals surface area contributed by atoms with E-state index < -0.39 is 17.9 Å². The minimum absolute atomic E-state index is 0.153. The lowest BCUT2D eigenvalue weighted by Gasteiger charge is -2.20. The van der Waals surface area contributed by atoms with Crippen molar-refractivity contribution >= 4 is 29.6 Å². The molecule has 2 N–H and O–H groups in total. The number of carbonyl (C=O) groups excluding carboxylic acids is 2. The van der Waals surface area contributed by atoms with E-state index in [1.54, 1.807) is 36.4 Å². The maximum atomic E-state index is 12.6. The molecule has 2 aromatic carbocycles. The third-order valence-electron chi connectivity index (χ3n) is 4.01. The maximum Gasteiger partial charge on any atom is 0.262 e. The van der Waals surface area contributed by atoms with Crippen LogP contribution in [0.5, 0.6) is 5.75 Å². The molecule has 0 radical (unpaired) electrons. The van der Waals surface area contributed by atoms with Gasteiger partial charge in [-0.25, -0.2) is 5.43 Å². The van der Waals surface area contributed by atoms with Crippen LogP contribution in [0.3, 0.4) is 0 Å². The minimum atomic E-state index is -0.775. The van der Waals surface area contributed by atoms with Crippen LogP contribution in [0.25, 0.3) is 0 Å². The molecule has 0 aliphatic rings. The second-order valence-electron chi connectivity index (χ2n) is 6.55. The van der Waals surface area contributed by atoms with E-state index in [1.807, 2.05) is 32.0 Å². The van der Waals surface area contributed by atoms with Crippen LogP contribution in [0.4, 0.5) is 0 Å². The van der Waals surface area contributed by atoms with Crippen LogP contribution in [0, 0.1) is 5.92 Å². The molecule has 7 heteroatoms. The van der Waals surface area contributed by atoms with Crippen LogP contribution in [0.1, 0.15) is 29.8 Å². The number of benzene rings is 2. The van der Waals surface area contributed by atoms with E-state index in [2.05, 4.69) is 22.4 Å². The lowest BCUT2D eigenvalue weighted by Crippen LogP contribution is -2.48. The fourth-order valence-electron chi connectivity index (χ4n) is 2.50. The van der Waals surface area contributed by atoms with Gasteiger partial charge in [-0.2, -0.15) is 5.10 Å². The number of halogens is 1. The number of hydrogen-bond donors (Lipinski definition) is 2. The van der Waals surface area contributed by atoms with Crippen LogP contribution in [-0.2, 0) is 4.79 Å². The molecule has 6 nitrogen and oxygen atoms in total. The van der Waals surface area contributed by atoms with Crippen LogP contribution < -0.4 is 15.5 Å². The van der Waals surface area contributed by atoms with Gasteiger partial charge in [0.2, 0.25) is 0 Å². The number of para-hydroxylation sites is 1. The van der Waals surface area contributed by atoms with Gasteiger partial charge in [0, 0.05) is 5.56 Å². The van der Waals surface area contributed by atoms with Crippen molar-refractivity contribution in [2.75, 3.05) is 6.61 Å². The average Bonchev–Trinajstić information content (AvgIpc) is 2.71. The van der Waals surface area contributed by atoms with Gasteiger partial charge >= 0.3 is 0 Å². The third kappa shape index (κ3) is 6.47. The van der Waals surface area contributed by atoms with Crippen molar-refractivity contribution in [2.45, 2.75) is 19.9 Å². The molecular formula is C22H24ClN3O3. The van der Waals surface area contributed by atoms with Gasteiger partial charge in [0.05, 0.1) is 16.8 Å². The number of amides is 2. The zero-order valence-electron chi connectivity index (χ0n) is 16.4. The number of nitrogens with zero attached hydrogens (tertiary/aromatic N) is 1. The molecule has 152 valence electrons. The number of nitrogens with one attached hydrogen (secondary N) is 2. The van der Waals surface area contributed by atoms with E-state index in [9.17, 15) is 9.59 Å². The first-order valence-corrected chi connectivity index (χ1v) is 9.53. The summed E-state index contributed by atoms with van der Waals surface area (Å²) >= 11 is 6.06. The van der Waals surface area contributed by atoms with Crippen LogP contribution >= 0.6 is 11.6 Å². The summed E-state index contributed by atoms with van der Waals surface area (Å²) in [6.45, 7) is 7.65. The van der Waals surface area contributed by atoms with E-state index in [-0.39, 0.29) is 5.92 Å². The highest BCUT2D eigenvalue weighted by atomic mass is 35.5. The molecular weight excluding hydrogens is 390 g/mol. The van der Waals surface area contributed by atoms with Gasteiger partial charge in [0.25, 0.3) is 11.8 Å². The Hall–Kier alpha value is -3.12. The summed E-state index contributed by atoms with van der Waals surface area (Å²) < 4.78 is 5.55. The minimum Gasteiger partial charge on any atom is -0.489 e. The topological polar surface area (TPSA) is 79.8 Å². The van der Waals surface area contributed by atoms with Gasteiger partial charge in [0.15, 0.2) is 0 Å². The quantitative estimate of drug-likeness (QED) is 0.372. The summed E-state index contributed by atoms with van der Waals surface area (Å²) in [7, 11) is 0. The fourth-order valence-corrected chi connectivity index (χ4v) is 2.72. The predicted octanol–water partition coefficient (Wildman–Crippen LogP) is 3.81. The van der Waals surface area contributed by atoms with E-state index >= 15 is 0 Å². The van der Waals surface area contributed by atoms with Gasteiger partial charge in [-0.1, -0.05) is 62.4 Å². The Kier molecular flexibility index (Phi) is 8.43. The highest BCUT2D eigenvalue weighted by molar-refractivity contribution is 6.33. The Labute approximate surface area is 175 Å². The molecule has 0 aromatic heterocycles. The Morgan fingerprint density at radius 1 is 1.17 bits per heavy atom. The lowest BCUT2D eigenvalue weighted by molar-refractivity contribution is -0.123. The molecule has 1 atom stereocenters. The van der Waals surface area contributed by atoms with Crippen molar-refractivity contribution < 1.29 is 14.3 Å². The number of rotatable bonds is 9. The van der Waals surface area contributed by atoms with E-state index in [1.165, 1.54) is 6.21 Å². The first kappa shape index (κ1) is 22.2. The van der Waals surface area contributed by atoms with Gasteiger partial charge in [-0.3, -0.25) is 9.59 Å². The largest absolute Gasteiger partial charge is 0.489 e. The molecule has 0 bridgehead atoms. The van der Waals surface area contributed by atoms with Crippen molar-refractivity contribution in [3.05, 3.63) is 77.3 Å². The molecule has 29 heavy (non-hydrogen) atoms. The van der Waals surface area contributed by atoms with Gasteiger partial charge in [0.1, 0.15) is 18.4 Å². The molecule has 2 amide bonds. The summed E-state index contributed by atoms with van der Waals surface area (Å²) in [5.41, 5.74) is 3.49. The SMILES string of the molecule is C=CCOc1ccccc1/C=N/NC(=O)C(NC(=O)c1ccccc1Cl)C(C)C. The van der Waals surface area contributed by atoms with Crippen molar-refractivity contribution in [3.8, 4) is 5.75 Å². The molecule has 0 saturated heterocycles. The highest BCUT2D eigenvalue weighted by Crippen LogP contribution is 2.16. The highest BCUT2D eigenvalue weighted by Gasteiger charge is 2.25. The van der Waals surface area contributed by atoms with E-state index in [4.69, 9.17) is 16.3 Å². The van der Waals surface area contributed by atoms with Gasteiger partial charge in [-0.15, -0.1) is 0 Å². The molecule has 1 unspecified atom stereocenters. The maximum absolute atomic E-state index is 12.6. The summed E-state index contributed by atoms with van der Waals surface area (Å²) in [5, 5.41) is 7.04. The molecule has 0 spiro atoms. The number of hydrazone groups is 1. The first-order valence-electron chi connectivity index (χ1n) is 9.15. The Balaban J connectivity index is 2.05. The molecule has 0 aliphatic heterocycles. The van der Waals surface area contributed by atoms with Crippen molar-refractivity contribution in [3.63, 3.8) is 0 Å². The average molecular weight is 414 g/mol. The Bertz CT molecular complexity index is 896. The molecule has 2 rings (SSSR count). The zero-order chi connectivity index (χ0) is 21.2. The van der Waals surface area contributed by atoms with E-state index in [0.29, 0.717) is 28.5 Å². The predicted molar refractivity (Wildman–Crippen MR) is 115 cm³/mol. The van der Waals surface area contributed by atoms with Gasteiger partial charge < -0.3 is 10.1 Å². The summed E-state index contributed by atoms with van der Waals surface area (Å²) in [6, 6.07) is 13.2. The normalized spacial score (nSPS) is 11.9. The second kappa shape index (κ2) is 11.0. The molecule has 0 heterocycles. The molecule has 2 aromatic rings. The van der Waals surface area contributed by atoms with Crippen LogP contribution in [0.15, 0.2) is 66.3 Å². The first-order chi connectivity index (χ1) is 13.9. The van der Waals surface area contributed by atoms with Crippen molar-refractivity contribution in [2.24, 2.45) is 11.0 Å². The third-order valence-corrected chi connectivity index (χ3v) is 4.34. The zero-order valence-corrected chi connectivity index (χ0v) is 17.1. The molecule has 0 saturated carbocycles. The lowest BCUT2D eigenvalue weighted by atomic mass is 10.0.